The number of hydrogen-bond acceptors (Lipinski definition) is 1. The van der Waals surface area contributed by atoms with Gasteiger partial charge in [-0.3, -0.25) is 4.79 Å². The molecule has 0 saturated heterocycles. The maximum atomic E-state index is 13.3. The number of rotatable bonds is 3. The second-order valence-corrected chi connectivity index (χ2v) is 4.15. The van der Waals surface area contributed by atoms with Gasteiger partial charge in [-0.1, -0.05) is 28.1 Å². The van der Waals surface area contributed by atoms with E-state index in [0.717, 1.165) is 5.56 Å². The Hall–Kier alpha value is -0.410. The van der Waals surface area contributed by atoms with Crippen LogP contribution in [0.1, 0.15) is 22.9 Å². The van der Waals surface area contributed by atoms with Crippen LogP contribution in [0.5, 0.6) is 0 Å². The zero-order valence-electron chi connectivity index (χ0n) is 7.56. The molecule has 0 bridgehead atoms. The van der Waals surface area contributed by atoms with Crippen molar-refractivity contribution in [1.29, 1.82) is 0 Å². The van der Waals surface area contributed by atoms with E-state index in [1.165, 1.54) is 13.0 Å². The first kappa shape index (κ1) is 11.7. The third kappa shape index (κ3) is 2.55. The van der Waals surface area contributed by atoms with Crippen LogP contribution >= 0.6 is 27.5 Å². The molecule has 0 heterocycles. The van der Waals surface area contributed by atoms with Crippen molar-refractivity contribution in [2.75, 3.05) is 0 Å². The van der Waals surface area contributed by atoms with E-state index in [-0.39, 0.29) is 5.78 Å². The topological polar surface area (TPSA) is 17.1 Å². The van der Waals surface area contributed by atoms with Gasteiger partial charge in [0.2, 0.25) is 0 Å². The predicted molar refractivity (Wildman–Crippen MR) is 58.3 cm³/mol. The molecule has 0 aliphatic carbocycles. The van der Waals surface area contributed by atoms with E-state index >= 15 is 0 Å². The van der Waals surface area contributed by atoms with Gasteiger partial charge in [0.1, 0.15) is 16.4 Å². The first-order chi connectivity index (χ1) is 6.56. The van der Waals surface area contributed by atoms with Crippen molar-refractivity contribution in [2.24, 2.45) is 0 Å². The molecule has 0 N–H and O–H groups in total. The summed E-state index contributed by atoms with van der Waals surface area (Å²) >= 11 is 8.74. The second-order valence-electron chi connectivity index (χ2n) is 2.96. The van der Waals surface area contributed by atoms with E-state index in [1.54, 1.807) is 12.1 Å². The molecule has 0 saturated carbocycles. The molecule has 4 heteroatoms. The van der Waals surface area contributed by atoms with Crippen molar-refractivity contribution in [2.45, 2.75) is 17.6 Å². The lowest BCUT2D eigenvalue weighted by Crippen LogP contribution is -2.04. The lowest BCUT2D eigenvalue weighted by molar-refractivity contribution is -0.116. The highest BCUT2D eigenvalue weighted by molar-refractivity contribution is 9.09. The van der Waals surface area contributed by atoms with Crippen molar-refractivity contribution in [3.63, 3.8) is 0 Å². The van der Waals surface area contributed by atoms with E-state index in [2.05, 4.69) is 15.9 Å². The van der Waals surface area contributed by atoms with Gasteiger partial charge < -0.3 is 0 Å². The van der Waals surface area contributed by atoms with Gasteiger partial charge in [0.05, 0.1) is 0 Å². The fourth-order valence-corrected chi connectivity index (χ4v) is 1.61. The fraction of sp³-hybridized carbons (Fsp3) is 0.300. The van der Waals surface area contributed by atoms with Gasteiger partial charge >= 0.3 is 0 Å². The van der Waals surface area contributed by atoms with Gasteiger partial charge in [0.15, 0.2) is 0 Å². The standard InChI is InChI=1S/C10H9BrClFO/c1-6(14)10(11)8-4-7(5-12)2-3-9(8)13/h2-4,10H,5H2,1H3. The molecule has 0 aliphatic heterocycles. The summed E-state index contributed by atoms with van der Waals surface area (Å²) in [6, 6.07) is 4.53. The summed E-state index contributed by atoms with van der Waals surface area (Å²) in [5.74, 6) is -0.211. The smallest absolute Gasteiger partial charge is 0.147 e. The molecule has 1 nitrogen and oxygen atoms in total. The van der Waals surface area contributed by atoms with Gasteiger partial charge in [-0.05, 0) is 18.6 Å². The maximum Gasteiger partial charge on any atom is 0.147 e. The maximum absolute atomic E-state index is 13.3. The van der Waals surface area contributed by atoms with Crippen LogP contribution < -0.4 is 0 Å². The Morgan fingerprint density at radius 3 is 2.79 bits per heavy atom. The van der Waals surface area contributed by atoms with E-state index in [9.17, 15) is 9.18 Å². The minimum absolute atomic E-state index is 0.129. The molecule has 1 atom stereocenters. The van der Waals surface area contributed by atoms with Crippen molar-refractivity contribution >= 4 is 33.3 Å². The minimum Gasteiger partial charge on any atom is -0.298 e. The molecule has 1 aromatic rings. The molecule has 0 fully saturated rings. The summed E-state index contributed by atoms with van der Waals surface area (Å²) in [7, 11) is 0. The zero-order valence-corrected chi connectivity index (χ0v) is 9.90. The van der Waals surface area contributed by atoms with Crippen LogP contribution in [0.25, 0.3) is 0 Å². The molecular weight excluding hydrogens is 270 g/mol. The van der Waals surface area contributed by atoms with Crippen molar-refractivity contribution in [3.8, 4) is 0 Å². The van der Waals surface area contributed by atoms with Crippen LogP contribution in [-0.2, 0) is 10.7 Å². The molecule has 1 aromatic carbocycles. The molecule has 0 amide bonds. The average Bonchev–Trinajstić information content (AvgIpc) is 2.17. The Bertz CT molecular complexity index is 354. The van der Waals surface area contributed by atoms with Gasteiger partial charge in [0.25, 0.3) is 0 Å². The molecule has 0 radical (unpaired) electrons. The molecule has 14 heavy (non-hydrogen) atoms. The Balaban J connectivity index is 3.11. The van der Waals surface area contributed by atoms with Crippen LogP contribution in [0.4, 0.5) is 4.39 Å². The average molecular weight is 280 g/mol. The summed E-state index contributed by atoms with van der Waals surface area (Å²) in [5, 5.41) is 0. The number of ketones is 1. The molecule has 0 spiro atoms. The lowest BCUT2D eigenvalue weighted by Gasteiger charge is -2.08. The highest BCUT2D eigenvalue weighted by Crippen LogP contribution is 2.27. The van der Waals surface area contributed by atoms with E-state index in [1.807, 2.05) is 0 Å². The fourth-order valence-electron chi connectivity index (χ4n) is 1.09. The second kappa shape index (κ2) is 4.89. The monoisotopic (exact) mass is 278 g/mol. The number of Topliss-reactive ketones (excluding diaryl/α,β-unsaturated/α-hetero) is 1. The third-order valence-electron chi connectivity index (χ3n) is 1.84. The first-order valence-corrected chi connectivity index (χ1v) is 5.50. The van der Waals surface area contributed by atoms with Gasteiger partial charge in [0, 0.05) is 11.4 Å². The molecular formula is C10H9BrClFO. The van der Waals surface area contributed by atoms with Crippen LogP contribution in [0.3, 0.4) is 0 Å². The Morgan fingerprint density at radius 1 is 1.64 bits per heavy atom. The van der Waals surface area contributed by atoms with Crippen LogP contribution in [0, 0.1) is 5.82 Å². The number of halogens is 3. The largest absolute Gasteiger partial charge is 0.298 e. The number of carbonyl (C=O) groups excluding carboxylic acids is 1. The quantitative estimate of drug-likeness (QED) is 0.773. The minimum atomic E-state index is -0.592. The molecule has 0 aromatic heterocycles. The molecule has 1 rings (SSSR count). The Morgan fingerprint density at radius 2 is 2.29 bits per heavy atom. The van der Waals surface area contributed by atoms with Gasteiger partial charge in [-0.2, -0.15) is 0 Å². The molecule has 1 unspecified atom stereocenters. The molecule has 0 aliphatic rings. The number of alkyl halides is 2. The van der Waals surface area contributed by atoms with Gasteiger partial charge in [-0.25, -0.2) is 4.39 Å². The summed E-state index contributed by atoms with van der Waals surface area (Å²) in [4.78, 5) is 10.5. The van der Waals surface area contributed by atoms with Crippen LogP contribution in [0.15, 0.2) is 18.2 Å². The predicted octanol–water partition coefficient (Wildman–Crippen LogP) is 3.59. The Labute approximate surface area is 95.4 Å². The normalized spacial score (nSPS) is 12.6. The van der Waals surface area contributed by atoms with Gasteiger partial charge in [-0.15, -0.1) is 11.6 Å². The van der Waals surface area contributed by atoms with Crippen molar-refractivity contribution in [3.05, 3.63) is 35.1 Å². The Kier molecular flexibility index (Phi) is 4.08. The summed E-state index contributed by atoms with van der Waals surface area (Å²) in [6.45, 7) is 1.41. The van der Waals surface area contributed by atoms with E-state index in [0.29, 0.717) is 11.4 Å². The highest BCUT2D eigenvalue weighted by Gasteiger charge is 2.17. The third-order valence-corrected chi connectivity index (χ3v) is 3.29. The lowest BCUT2D eigenvalue weighted by atomic mass is 10.1. The molecule has 76 valence electrons. The number of benzene rings is 1. The van der Waals surface area contributed by atoms with E-state index < -0.39 is 10.6 Å². The summed E-state index contributed by atoms with van der Waals surface area (Å²) in [5.41, 5.74) is 1.14. The van der Waals surface area contributed by atoms with Crippen LogP contribution in [-0.4, -0.2) is 5.78 Å². The SMILES string of the molecule is CC(=O)C(Br)c1cc(CCl)ccc1F. The summed E-state index contributed by atoms with van der Waals surface area (Å²) < 4.78 is 13.3. The van der Waals surface area contributed by atoms with Crippen molar-refractivity contribution in [1.82, 2.24) is 0 Å². The zero-order chi connectivity index (χ0) is 10.7. The number of carbonyl (C=O) groups is 1. The highest BCUT2D eigenvalue weighted by atomic mass is 79.9. The number of hydrogen-bond donors (Lipinski definition) is 0. The first-order valence-electron chi connectivity index (χ1n) is 4.05. The van der Waals surface area contributed by atoms with Crippen LogP contribution in [0.2, 0.25) is 0 Å². The summed E-state index contributed by atoms with van der Waals surface area (Å²) in [6.07, 6.45) is 0. The van der Waals surface area contributed by atoms with Crippen molar-refractivity contribution < 1.29 is 9.18 Å². The van der Waals surface area contributed by atoms with E-state index in [4.69, 9.17) is 11.6 Å².